The van der Waals surface area contributed by atoms with Gasteiger partial charge in [0.2, 0.25) is 10.0 Å². The molecule has 0 saturated carbocycles. The maximum absolute atomic E-state index is 12.8. The van der Waals surface area contributed by atoms with Gasteiger partial charge in [-0.15, -0.1) is 0 Å². The molecule has 0 radical (unpaired) electrons. The molecule has 1 aliphatic heterocycles. The van der Waals surface area contributed by atoms with E-state index in [1.54, 1.807) is 11.0 Å². The summed E-state index contributed by atoms with van der Waals surface area (Å²) in [5, 5.41) is 5.72. The number of nitrogens with zero attached hydrogens (tertiary/aromatic N) is 1. The summed E-state index contributed by atoms with van der Waals surface area (Å²) in [5.74, 6) is 0.633. The number of primary sulfonamides is 1. The number of fused-ring (bicyclic) bond motifs is 1. The maximum Gasteiger partial charge on any atom is 0.289 e. The van der Waals surface area contributed by atoms with Gasteiger partial charge in [0.25, 0.3) is 5.91 Å². The highest BCUT2D eigenvalue weighted by molar-refractivity contribution is 7.89. The van der Waals surface area contributed by atoms with Crippen LogP contribution < -0.4 is 5.14 Å². The summed E-state index contributed by atoms with van der Waals surface area (Å²) in [4.78, 5) is 14.6. The lowest BCUT2D eigenvalue weighted by atomic mass is 9.90. The first-order valence-electron chi connectivity index (χ1n) is 9.30. The molecule has 1 amide bonds. The maximum atomic E-state index is 12.8. The molecule has 1 saturated heterocycles. The fraction of sp³-hybridized carbons (Fsp3) is 0.286. The van der Waals surface area contributed by atoms with Gasteiger partial charge in [-0.2, -0.15) is 0 Å². The number of hydrogen-bond donors (Lipinski definition) is 1. The second-order valence-electron chi connectivity index (χ2n) is 7.28. The lowest BCUT2D eigenvalue weighted by molar-refractivity contribution is 0.0661. The van der Waals surface area contributed by atoms with Crippen molar-refractivity contribution >= 4 is 26.9 Å². The summed E-state index contributed by atoms with van der Waals surface area (Å²) >= 11 is 0. The van der Waals surface area contributed by atoms with Gasteiger partial charge in [0.1, 0.15) is 5.58 Å². The molecular weight excluding hydrogens is 376 g/mol. The van der Waals surface area contributed by atoms with Crippen molar-refractivity contribution in [1.82, 2.24) is 4.90 Å². The number of amides is 1. The molecule has 0 unspecified atom stereocenters. The van der Waals surface area contributed by atoms with Crippen molar-refractivity contribution < 1.29 is 17.6 Å². The van der Waals surface area contributed by atoms with Crippen LogP contribution in [0.4, 0.5) is 0 Å². The van der Waals surface area contributed by atoms with Gasteiger partial charge in [0.05, 0.1) is 4.90 Å². The second-order valence-corrected chi connectivity index (χ2v) is 8.84. The first-order chi connectivity index (χ1) is 13.4. The van der Waals surface area contributed by atoms with Crippen molar-refractivity contribution in [3.05, 3.63) is 65.9 Å². The fourth-order valence-corrected chi connectivity index (χ4v) is 4.30. The first kappa shape index (κ1) is 18.7. The van der Waals surface area contributed by atoms with Crippen molar-refractivity contribution in [3.8, 4) is 0 Å². The van der Waals surface area contributed by atoms with Gasteiger partial charge >= 0.3 is 0 Å². The van der Waals surface area contributed by atoms with Crippen molar-refractivity contribution in [2.75, 3.05) is 13.1 Å². The SMILES string of the molecule is NS(=O)(=O)c1ccc2oc(C(=O)N3CCC(Cc4ccccc4)CC3)cc2c1. The number of sulfonamides is 1. The number of benzene rings is 2. The normalized spacial score (nSPS) is 15.8. The molecule has 0 bridgehead atoms. The smallest absolute Gasteiger partial charge is 0.289 e. The second kappa shape index (κ2) is 7.41. The predicted octanol–water partition coefficient (Wildman–Crippen LogP) is 3.18. The van der Waals surface area contributed by atoms with E-state index >= 15 is 0 Å². The summed E-state index contributed by atoms with van der Waals surface area (Å²) in [6, 6.07) is 16.3. The highest BCUT2D eigenvalue weighted by atomic mass is 32.2. The Morgan fingerprint density at radius 1 is 1.07 bits per heavy atom. The topological polar surface area (TPSA) is 93.6 Å². The zero-order chi connectivity index (χ0) is 19.7. The Morgan fingerprint density at radius 2 is 1.79 bits per heavy atom. The molecule has 3 aromatic rings. The van der Waals surface area contributed by atoms with Crippen LogP contribution in [0, 0.1) is 5.92 Å². The van der Waals surface area contributed by atoms with E-state index in [1.807, 2.05) is 6.07 Å². The highest BCUT2D eigenvalue weighted by Crippen LogP contribution is 2.26. The highest BCUT2D eigenvalue weighted by Gasteiger charge is 2.26. The van der Waals surface area contributed by atoms with Gasteiger partial charge in [-0.1, -0.05) is 30.3 Å². The van der Waals surface area contributed by atoms with Gasteiger partial charge < -0.3 is 9.32 Å². The molecule has 1 aliphatic rings. The Morgan fingerprint density at radius 3 is 2.46 bits per heavy atom. The molecule has 146 valence electrons. The molecule has 2 heterocycles. The molecule has 28 heavy (non-hydrogen) atoms. The average molecular weight is 398 g/mol. The van der Waals surface area contributed by atoms with E-state index in [0.717, 1.165) is 19.3 Å². The molecule has 2 aromatic carbocycles. The van der Waals surface area contributed by atoms with Gasteiger partial charge in [-0.05, 0) is 55.0 Å². The van der Waals surface area contributed by atoms with E-state index in [-0.39, 0.29) is 16.6 Å². The summed E-state index contributed by atoms with van der Waals surface area (Å²) in [5.41, 5.74) is 1.80. The summed E-state index contributed by atoms with van der Waals surface area (Å²) in [7, 11) is -3.79. The van der Waals surface area contributed by atoms with E-state index in [9.17, 15) is 13.2 Å². The molecule has 1 fully saturated rings. The molecule has 2 N–H and O–H groups in total. The third-order valence-corrected chi connectivity index (χ3v) is 6.21. The molecule has 0 spiro atoms. The van der Waals surface area contributed by atoms with E-state index in [4.69, 9.17) is 9.56 Å². The summed E-state index contributed by atoms with van der Waals surface area (Å²) in [6.07, 6.45) is 2.94. The minimum Gasteiger partial charge on any atom is -0.451 e. The molecule has 1 aromatic heterocycles. The monoisotopic (exact) mass is 398 g/mol. The number of carbonyl (C=O) groups excluding carboxylic acids is 1. The number of furan rings is 1. The predicted molar refractivity (Wildman–Crippen MR) is 106 cm³/mol. The first-order valence-corrected chi connectivity index (χ1v) is 10.8. The van der Waals surface area contributed by atoms with Crippen LogP contribution in [0.25, 0.3) is 11.0 Å². The van der Waals surface area contributed by atoms with Crippen molar-refractivity contribution in [3.63, 3.8) is 0 Å². The number of carbonyl (C=O) groups is 1. The Labute approximate surface area is 164 Å². The van der Waals surface area contributed by atoms with Crippen molar-refractivity contribution in [1.29, 1.82) is 0 Å². The van der Waals surface area contributed by atoms with Crippen molar-refractivity contribution in [2.24, 2.45) is 11.1 Å². The number of nitrogens with two attached hydrogens (primary N) is 1. The minimum absolute atomic E-state index is 0.00141. The van der Waals surface area contributed by atoms with Gasteiger partial charge in [-0.25, -0.2) is 13.6 Å². The van der Waals surface area contributed by atoms with Crippen LogP contribution in [0.15, 0.2) is 63.9 Å². The number of hydrogen-bond acceptors (Lipinski definition) is 4. The summed E-state index contributed by atoms with van der Waals surface area (Å²) < 4.78 is 28.6. The van der Waals surface area contributed by atoms with Crippen LogP contribution in [0.3, 0.4) is 0 Å². The van der Waals surface area contributed by atoms with Crippen LogP contribution >= 0.6 is 0 Å². The summed E-state index contributed by atoms with van der Waals surface area (Å²) in [6.45, 7) is 1.38. The standard InChI is InChI=1S/C21H22N2O4S/c22-28(25,26)18-6-7-19-17(13-18)14-20(27-19)21(24)23-10-8-16(9-11-23)12-15-4-2-1-3-5-15/h1-7,13-14,16H,8-12H2,(H2,22,25,26). The largest absolute Gasteiger partial charge is 0.451 e. The minimum atomic E-state index is -3.79. The van der Waals surface area contributed by atoms with Gasteiger partial charge in [-0.3, -0.25) is 4.79 Å². The lowest BCUT2D eigenvalue weighted by Gasteiger charge is -2.31. The molecule has 0 atom stereocenters. The lowest BCUT2D eigenvalue weighted by Crippen LogP contribution is -2.38. The third-order valence-electron chi connectivity index (χ3n) is 5.30. The molecule has 6 nitrogen and oxygen atoms in total. The van der Waals surface area contributed by atoms with Crippen LogP contribution in [0.5, 0.6) is 0 Å². The quantitative estimate of drug-likeness (QED) is 0.730. The van der Waals surface area contributed by atoms with E-state index < -0.39 is 10.0 Å². The van der Waals surface area contributed by atoms with Crippen LogP contribution in [0.1, 0.15) is 29.0 Å². The Hall–Kier alpha value is -2.64. The van der Waals surface area contributed by atoms with Gasteiger partial charge in [0.15, 0.2) is 5.76 Å². The van der Waals surface area contributed by atoms with Gasteiger partial charge in [0, 0.05) is 18.5 Å². The Kier molecular flexibility index (Phi) is 4.95. The average Bonchev–Trinajstić information content (AvgIpc) is 3.11. The molecule has 0 aliphatic carbocycles. The number of piperidine rings is 1. The van der Waals surface area contributed by atoms with E-state index in [0.29, 0.717) is 30.0 Å². The van der Waals surface area contributed by atoms with Crippen LogP contribution in [-0.2, 0) is 16.4 Å². The van der Waals surface area contributed by atoms with Crippen LogP contribution in [-0.4, -0.2) is 32.3 Å². The number of rotatable bonds is 4. The van der Waals surface area contributed by atoms with E-state index in [1.165, 1.54) is 23.8 Å². The molecule has 7 heteroatoms. The number of likely N-dealkylation sites (tertiary alicyclic amines) is 1. The zero-order valence-electron chi connectivity index (χ0n) is 15.4. The molecule has 4 rings (SSSR count). The fourth-order valence-electron chi connectivity index (χ4n) is 3.75. The Bertz CT molecular complexity index is 1100. The Balaban J connectivity index is 1.44. The third kappa shape index (κ3) is 3.95. The van der Waals surface area contributed by atoms with Crippen molar-refractivity contribution in [2.45, 2.75) is 24.2 Å². The van der Waals surface area contributed by atoms with E-state index in [2.05, 4.69) is 24.3 Å². The van der Waals surface area contributed by atoms with Crippen LogP contribution in [0.2, 0.25) is 0 Å². The zero-order valence-corrected chi connectivity index (χ0v) is 16.2. The molecular formula is C21H22N2O4S.